The molecular formula is C15H14Cl3NO. The summed E-state index contributed by atoms with van der Waals surface area (Å²) in [7, 11) is 3.47. The Hall–Kier alpha value is -0.930. The van der Waals surface area contributed by atoms with Crippen molar-refractivity contribution in [3.05, 3.63) is 62.6 Å². The van der Waals surface area contributed by atoms with E-state index in [1.165, 1.54) is 0 Å². The van der Waals surface area contributed by atoms with Crippen molar-refractivity contribution < 1.29 is 4.74 Å². The van der Waals surface area contributed by atoms with Crippen molar-refractivity contribution in [2.45, 2.75) is 6.04 Å². The smallest absolute Gasteiger partial charge is 0.120 e. The minimum absolute atomic E-state index is 0.0930. The number of ether oxygens (including phenoxy) is 1. The highest BCUT2D eigenvalue weighted by molar-refractivity contribution is 6.34. The van der Waals surface area contributed by atoms with Crippen molar-refractivity contribution in [3.63, 3.8) is 0 Å². The number of nitrogens with one attached hydrogen (secondary N) is 1. The van der Waals surface area contributed by atoms with Gasteiger partial charge in [-0.25, -0.2) is 0 Å². The maximum absolute atomic E-state index is 6.33. The Labute approximate surface area is 133 Å². The van der Waals surface area contributed by atoms with Crippen LogP contribution in [0.2, 0.25) is 15.1 Å². The molecule has 106 valence electrons. The fourth-order valence-electron chi connectivity index (χ4n) is 2.11. The van der Waals surface area contributed by atoms with E-state index in [-0.39, 0.29) is 6.04 Å². The first kappa shape index (κ1) is 15.5. The van der Waals surface area contributed by atoms with Crippen LogP contribution in [0.15, 0.2) is 36.4 Å². The molecule has 0 amide bonds. The van der Waals surface area contributed by atoms with Crippen LogP contribution in [0.25, 0.3) is 0 Å². The molecule has 20 heavy (non-hydrogen) atoms. The molecule has 1 N–H and O–H groups in total. The van der Waals surface area contributed by atoms with E-state index in [0.29, 0.717) is 15.1 Å². The number of methoxy groups -OCH3 is 1. The SMILES string of the molecule is CNC(c1cc(Cl)cc(Cl)c1)c1ccc(OC)cc1Cl. The zero-order chi connectivity index (χ0) is 14.7. The first-order chi connectivity index (χ1) is 9.55. The Morgan fingerprint density at radius 2 is 1.65 bits per heavy atom. The van der Waals surface area contributed by atoms with E-state index < -0.39 is 0 Å². The minimum atomic E-state index is -0.0930. The Bertz CT molecular complexity index is 596. The van der Waals surface area contributed by atoms with Crippen molar-refractivity contribution in [2.24, 2.45) is 0 Å². The standard InChI is InChI=1S/C15H14Cl3NO/c1-19-15(9-5-10(16)7-11(17)6-9)13-4-3-12(20-2)8-14(13)18/h3-8,15,19H,1-2H3. The van der Waals surface area contributed by atoms with Gasteiger partial charge in [-0.3, -0.25) is 0 Å². The molecule has 0 spiro atoms. The predicted octanol–water partition coefficient (Wildman–Crippen LogP) is 4.96. The third-order valence-electron chi connectivity index (χ3n) is 3.03. The number of benzene rings is 2. The van der Waals surface area contributed by atoms with Crippen molar-refractivity contribution in [2.75, 3.05) is 14.2 Å². The average molecular weight is 331 g/mol. The highest BCUT2D eigenvalue weighted by Crippen LogP contribution is 2.33. The van der Waals surface area contributed by atoms with E-state index in [9.17, 15) is 0 Å². The number of hydrogen-bond donors (Lipinski definition) is 1. The number of rotatable bonds is 4. The first-order valence-electron chi connectivity index (χ1n) is 6.02. The Morgan fingerprint density at radius 3 is 2.15 bits per heavy atom. The Balaban J connectivity index is 2.46. The minimum Gasteiger partial charge on any atom is -0.497 e. The van der Waals surface area contributed by atoms with Crippen molar-refractivity contribution >= 4 is 34.8 Å². The van der Waals surface area contributed by atoms with E-state index in [2.05, 4.69) is 5.32 Å². The third-order valence-corrected chi connectivity index (χ3v) is 3.79. The fourth-order valence-corrected chi connectivity index (χ4v) is 2.94. The van der Waals surface area contributed by atoms with E-state index in [4.69, 9.17) is 39.5 Å². The second-order valence-corrected chi connectivity index (χ2v) is 5.59. The lowest BCUT2D eigenvalue weighted by atomic mass is 9.98. The van der Waals surface area contributed by atoms with Crippen LogP contribution < -0.4 is 10.1 Å². The number of hydrogen-bond acceptors (Lipinski definition) is 2. The van der Waals surface area contributed by atoms with Crippen molar-refractivity contribution in [1.82, 2.24) is 5.32 Å². The molecule has 0 fully saturated rings. The second kappa shape index (κ2) is 6.68. The molecule has 0 aliphatic rings. The molecule has 0 saturated carbocycles. The van der Waals surface area contributed by atoms with Crippen molar-refractivity contribution in [3.8, 4) is 5.75 Å². The van der Waals surface area contributed by atoms with Gasteiger partial charge in [0.05, 0.1) is 13.2 Å². The van der Waals surface area contributed by atoms with E-state index in [1.807, 2.05) is 31.3 Å². The quantitative estimate of drug-likeness (QED) is 0.855. The molecule has 0 bridgehead atoms. The molecule has 2 rings (SSSR count). The van der Waals surface area contributed by atoms with Gasteiger partial charge in [0.1, 0.15) is 5.75 Å². The molecule has 1 unspecified atom stereocenters. The molecule has 2 nitrogen and oxygen atoms in total. The lowest BCUT2D eigenvalue weighted by Crippen LogP contribution is -2.18. The largest absolute Gasteiger partial charge is 0.497 e. The van der Waals surface area contributed by atoms with Crippen LogP contribution in [0.1, 0.15) is 17.2 Å². The highest BCUT2D eigenvalue weighted by atomic mass is 35.5. The highest BCUT2D eigenvalue weighted by Gasteiger charge is 2.16. The summed E-state index contributed by atoms with van der Waals surface area (Å²) in [5.41, 5.74) is 1.89. The summed E-state index contributed by atoms with van der Waals surface area (Å²) in [6.45, 7) is 0. The summed E-state index contributed by atoms with van der Waals surface area (Å²) in [5.74, 6) is 0.720. The van der Waals surface area contributed by atoms with Gasteiger partial charge in [-0.15, -0.1) is 0 Å². The monoisotopic (exact) mass is 329 g/mol. The van der Waals surface area contributed by atoms with Gasteiger partial charge in [0.25, 0.3) is 0 Å². The third kappa shape index (κ3) is 3.39. The molecule has 0 saturated heterocycles. The molecule has 1 atom stereocenters. The summed E-state index contributed by atoms with van der Waals surface area (Å²) < 4.78 is 5.16. The maximum Gasteiger partial charge on any atom is 0.120 e. The molecule has 2 aromatic carbocycles. The van der Waals surface area contributed by atoms with Crippen LogP contribution in [-0.4, -0.2) is 14.2 Å². The molecule has 0 heterocycles. The maximum atomic E-state index is 6.33. The lowest BCUT2D eigenvalue weighted by molar-refractivity contribution is 0.414. The topological polar surface area (TPSA) is 21.3 Å². The molecule has 0 aliphatic heterocycles. The predicted molar refractivity (Wildman–Crippen MR) is 85.4 cm³/mol. The van der Waals surface area contributed by atoms with E-state index in [0.717, 1.165) is 16.9 Å². The molecular weight excluding hydrogens is 317 g/mol. The fraction of sp³-hybridized carbons (Fsp3) is 0.200. The first-order valence-corrected chi connectivity index (χ1v) is 7.15. The zero-order valence-corrected chi connectivity index (χ0v) is 13.4. The second-order valence-electron chi connectivity index (χ2n) is 4.31. The Kier molecular flexibility index (Phi) is 5.17. The average Bonchev–Trinajstić information content (AvgIpc) is 2.40. The van der Waals surface area contributed by atoms with Crippen LogP contribution in [0.4, 0.5) is 0 Å². The summed E-state index contributed by atoms with van der Waals surface area (Å²) in [6.07, 6.45) is 0. The van der Waals surface area contributed by atoms with Gasteiger partial charge >= 0.3 is 0 Å². The van der Waals surface area contributed by atoms with Crippen LogP contribution in [0.3, 0.4) is 0 Å². The lowest BCUT2D eigenvalue weighted by Gasteiger charge is -2.19. The molecule has 5 heteroatoms. The van der Waals surface area contributed by atoms with Crippen molar-refractivity contribution in [1.29, 1.82) is 0 Å². The summed E-state index contributed by atoms with van der Waals surface area (Å²) >= 11 is 18.4. The van der Waals surface area contributed by atoms with Gasteiger partial charge in [-0.2, -0.15) is 0 Å². The van der Waals surface area contributed by atoms with E-state index >= 15 is 0 Å². The summed E-state index contributed by atoms with van der Waals surface area (Å²) in [4.78, 5) is 0. The van der Waals surface area contributed by atoms with Gasteiger partial charge in [0.2, 0.25) is 0 Å². The van der Waals surface area contributed by atoms with Gasteiger partial charge in [-0.05, 0) is 48.5 Å². The molecule has 2 aromatic rings. The molecule has 0 aliphatic carbocycles. The normalized spacial score (nSPS) is 12.2. The summed E-state index contributed by atoms with van der Waals surface area (Å²) in [6, 6.07) is 10.9. The Morgan fingerprint density at radius 1 is 1.00 bits per heavy atom. The van der Waals surface area contributed by atoms with Gasteiger partial charge in [0.15, 0.2) is 0 Å². The summed E-state index contributed by atoms with van der Waals surface area (Å²) in [5, 5.41) is 5.04. The van der Waals surface area contributed by atoms with Crippen LogP contribution >= 0.6 is 34.8 Å². The van der Waals surface area contributed by atoms with Crippen LogP contribution in [0.5, 0.6) is 5.75 Å². The van der Waals surface area contributed by atoms with Gasteiger partial charge < -0.3 is 10.1 Å². The molecule has 0 aromatic heterocycles. The number of halogens is 3. The van der Waals surface area contributed by atoms with Crippen LogP contribution in [0, 0.1) is 0 Å². The molecule has 0 radical (unpaired) electrons. The zero-order valence-electron chi connectivity index (χ0n) is 11.1. The van der Waals surface area contributed by atoms with E-state index in [1.54, 1.807) is 19.2 Å². The van der Waals surface area contributed by atoms with Gasteiger partial charge in [-0.1, -0.05) is 40.9 Å². The van der Waals surface area contributed by atoms with Crippen LogP contribution in [-0.2, 0) is 0 Å². The van der Waals surface area contributed by atoms with Gasteiger partial charge in [0, 0.05) is 15.1 Å².